The van der Waals surface area contributed by atoms with Gasteiger partial charge in [0, 0.05) is 0 Å². The Hall–Kier alpha value is -1.76. The van der Waals surface area contributed by atoms with Crippen LogP contribution in [0.4, 0.5) is 4.39 Å². The molecule has 0 amide bonds. The maximum Gasteiger partial charge on any atom is 0.231 e. The summed E-state index contributed by atoms with van der Waals surface area (Å²) in [7, 11) is 0. The molecule has 0 atom stereocenters. The molecule has 1 heterocycles. The molecule has 13 heavy (non-hydrogen) atoms. The molecular weight excluding hydrogens is 173 g/mol. The van der Waals surface area contributed by atoms with Crippen molar-refractivity contribution in [3.8, 4) is 17.6 Å². The molecule has 2 rings (SSSR count). The van der Waals surface area contributed by atoms with Crippen molar-refractivity contribution in [1.82, 2.24) is 0 Å². The van der Waals surface area contributed by atoms with Crippen molar-refractivity contribution >= 4 is 0 Å². The fourth-order valence-corrected chi connectivity index (χ4v) is 1.21. The van der Waals surface area contributed by atoms with Crippen molar-refractivity contribution in [3.63, 3.8) is 0 Å². The van der Waals surface area contributed by atoms with Gasteiger partial charge < -0.3 is 9.47 Å². The van der Waals surface area contributed by atoms with Crippen LogP contribution < -0.4 is 9.47 Å². The van der Waals surface area contributed by atoms with Gasteiger partial charge in [-0.05, 0) is 17.7 Å². The summed E-state index contributed by atoms with van der Waals surface area (Å²) in [6.45, 7) is 0.0439. The van der Waals surface area contributed by atoms with Gasteiger partial charge in [0.05, 0.1) is 12.5 Å². The number of nitrogens with zero attached hydrogens (tertiary/aromatic N) is 1. The van der Waals surface area contributed by atoms with Gasteiger partial charge in [0.2, 0.25) is 12.5 Å². The second kappa shape index (κ2) is 2.94. The Morgan fingerprint density at radius 1 is 1.46 bits per heavy atom. The highest BCUT2D eigenvalue weighted by molar-refractivity contribution is 5.46. The molecule has 0 saturated carbocycles. The Balaban J connectivity index is 2.44. The maximum absolute atomic E-state index is 13.2. The highest BCUT2D eigenvalue weighted by Gasteiger charge is 2.18. The van der Waals surface area contributed by atoms with Crippen LogP contribution in [0.1, 0.15) is 5.56 Å². The zero-order chi connectivity index (χ0) is 9.26. The Morgan fingerprint density at radius 2 is 2.31 bits per heavy atom. The fraction of sp³-hybridized carbons (Fsp3) is 0.222. The van der Waals surface area contributed by atoms with Crippen molar-refractivity contribution in [2.24, 2.45) is 0 Å². The maximum atomic E-state index is 13.2. The van der Waals surface area contributed by atoms with Gasteiger partial charge in [-0.15, -0.1) is 0 Å². The third-order valence-electron chi connectivity index (χ3n) is 1.77. The predicted octanol–water partition coefficient (Wildman–Crippen LogP) is 1.62. The molecule has 1 aromatic carbocycles. The highest BCUT2D eigenvalue weighted by Crippen LogP contribution is 2.35. The van der Waals surface area contributed by atoms with Crippen molar-refractivity contribution in [2.45, 2.75) is 6.42 Å². The minimum Gasteiger partial charge on any atom is -0.453 e. The number of rotatable bonds is 1. The minimum absolute atomic E-state index is 0.0439. The van der Waals surface area contributed by atoms with Crippen molar-refractivity contribution in [2.75, 3.05) is 6.79 Å². The third kappa shape index (κ3) is 1.29. The molecule has 3 nitrogen and oxygen atoms in total. The van der Waals surface area contributed by atoms with E-state index in [-0.39, 0.29) is 19.0 Å². The first-order valence-corrected chi connectivity index (χ1v) is 3.76. The van der Waals surface area contributed by atoms with E-state index in [1.165, 1.54) is 6.07 Å². The SMILES string of the molecule is N#CCc1cc(F)c2c(c1)OCO2. The molecular formula is C9H6FNO2. The van der Waals surface area contributed by atoms with Gasteiger partial charge in [-0.2, -0.15) is 5.26 Å². The highest BCUT2D eigenvalue weighted by atomic mass is 19.1. The Kier molecular flexibility index (Phi) is 1.78. The largest absolute Gasteiger partial charge is 0.453 e. The molecule has 0 bridgehead atoms. The van der Waals surface area contributed by atoms with E-state index in [1.807, 2.05) is 6.07 Å². The summed E-state index contributed by atoms with van der Waals surface area (Å²) >= 11 is 0. The first-order chi connectivity index (χ1) is 6.31. The van der Waals surface area contributed by atoms with Crippen LogP contribution in [0.3, 0.4) is 0 Å². The molecule has 0 radical (unpaired) electrons. The topological polar surface area (TPSA) is 42.2 Å². The van der Waals surface area contributed by atoms with E-state index < -0.39 is 5.82 Å². The lowest BCUT2D eigenvalue weighted by molar-refractivity contribution is 0.171. The van der Waals surface area contributed by atoms with E-state index in [2.05, 4.69) is 0 Å². The summed E-state index contributed by atoms with van der Waals surface area (Å²) in [5.74, 6) is 0.0483. The molecule has 66 valence electrons. The molecule has 1 aliphatic rings. The van der Waals surface area contributed by atoms with E-state index in [1.54, 1.807) is 6.07 Å². The quantitative estimate of drug-likeness (QED) is 0.657. The van der Waals surface area contributed by atoms with E-state index in [9.17, 15) is 4.39 Å². The van der Waals surface area contributed by atoms with Gasteiger partial charge >= 0.3 is 0 Å². The number of hydrogen-bond donors (Lipinski definition) is 0. The lowest BCUT2D eigenvalue weighted by Crippen LogP contribution is -1.93. The molecule has 0 spiro atoms. The van der Waals surface area contributed by atoms with Crippen LogP contribution in [-0.4, -0.2) is 6.79 Å². The zero-order valence-electron chi connectivity index (χ0n) is 6.71. The number of fused-ring (bicyclic) bond motifs is 1. The van der Waals surface area contributed by atoms with Crippen LogP contribution in [0.25, 0.3) is 0 Å². The molecule has 0 saturated heterocycles. The Labute approximate surface area is 74.3 Å². The molecule has 0 aliphatic carbocycles. The third-order valence-corrected chi connectivity index (χ3v) is 1.77. The lowest BCUT2D eigenvalue weighted by atomic mass is 10.1. The van der Waals surface area contributed by atoms with Gasteiger partial charge in [0.25, 0.3) is 0 Å². The Morgan fingerprint density at radius 3 is 3.08 bits per heavy atom. The summed E-state index contributed by atoms with van der Waals surface area (Å²) < 4.78 is 23.0. The molecule has 0 unspecified atom stereocenters. The molecule has 0 aromatic heterocycles. The monoisotopic (exact) mass is 179 g/mol. The Bertz CT molecular complexity index is 384. The average Bonchev–Trinajstić information content (AvgIpc) is 2.53. The normalized spacial score (nSPS) is 12.6. The van der Waals surface area contributed by atoms with E-state index in [0.29, 0.717) is 11.3 Å². The smallest absolute Gasteiger partial charge is 0.231 e. The number of halogens is 1. The van der Waals surface area contributed by atoms with Crippen LogP contribution in [0.15, 0.2) is 12.1 Å². The summed E-state index contributed by atoms with van der Waals surface area (Å²) in [5.41, 5.74) is 0.601. The predicted molar refractivity (Wildman–Crippen MR) is 41.8 cm³/mol. The van der Waals surface area contributed by atoms with E-state index >= 15 is 0 Å². The van der Waals surface area contributed by atoms with Gasteiger partial charge in [-0.1, -0.05) is 0 Å². The average molecular weight is 179 g/mol. The number of benzene rings is 1. The van der Waals surface area contributed by atoms with Gasteiger partial charge in [-0.3, -0.25) is 0 Å². The van der Waals surface area contributed by atoms with Crippen LogP contribution >= 0.6 is 0 Å². The molecule has 1 aromatic rings. The number of hydrogen-bond acceptors (Lipinski definition) is 3. The first-order valence-electron chi connectivity index (χ1n) is 3.76. The standard InChI is InChI=1S/C9H6FNO2/c10-7-3-6(1-2-11)4-8-9(7)13-5-12-8/h3-4H,1,5H2. The van der Waals surface area contributed by atoms with Gasteiger partial charge in [-0.25, -0.2) is 4.39 Å². The number of nitriles is 1. The summed E-state index contributed by atoms with van der Waals surface area (Å²) in [6.07, 6.45) is 0.174. The summed E-state index contributed by atoms with van der Waals surface area (Å²) in [6, 6.07) is 4.85. The van der Waals surface area contributed by atoms with E-state index in [0.717, 1.165) is 0 Å². The van der Waals surface area contributed by atoms with Crippen molar-refractivity contribution in [3.05, 3.63) is 23.5 Å². The molecule has 1 aliphatic heterocycles. The van der Waals surface area contributed by atoms with Crippen molar-refractivity contribution < 1.29 is 13.9 Å². The van der Waals surface area contributed by atoms with Gasteiger partial charge in [0.15, 0.2) is 11.6 Å². The van der Waals surface area contributed by atoms with Crippen LogP contribution in [0, 0.1) is 17.1 Å². The molecule has 0 N–H and O–H groups in total. The fourth-order valence-electron chi connectivity index (χ4n) is 1.21. The second-order valence-electron chi connectivity index (χ2n) is 2.65. The number of ether oxygens (including phenoxy) is 2. The lowest BCUT2D eigenvalue weighted by Gasteiger charge is -1.99. The molecule has 4 heteroatoms. The molecule has 0 fully saturated rings. The second-order valence-corrected chi connectivity index (χ2v) is 2.65. The van der Waals surface area contributed by atoms with Crippen LogP contribution in [-0.2, 0) is 6.42 Å². The van der Waals surface area contributed by atoms with Crippen LogP contribution in [0.5, 0.6) is 11.5 Å². The zero-order valence-corrected chi connectivity index (χ0v) is 6.71. The first kappa shape index (κ1) is 7.87. The van der Waals surface area contributed by atoms with E-state index in [4.69, 9.17) is 14.7 Å². The van der Waals surface area contributed by atoms with Crippen molar-refractivity contribution in [1.29, 1.82) is 5.26 Å². The summed E-state index contributed by atoms with van der Waals surface area (Å²) in [4.78, 5) is 0. The summed E-state index contributed by atoms with van der Waals surface area (Å²) in [5, 5.41) is 8.41. The van der Waals surface area contributed by atoms with Gasteiger partial charge in [0.1, 0.15) is 0 Å². The van der Waals surface area contributed by atoms with Crippen LogP contribution in [0.2, 0.25) is 0 Å². The minimum atomic E-state index is -0.472.